The smallest absolute Gasteiger partial charge is 0.346 e. The third-order valence-corrected chi connectivity index (χ3v) is 21.6. The number of hydrogen-bond acceptors (Lipinski definition) is 20. The molecule has 1 amide bonds. The molecule has 6 aliphatic heterocycles. The summed E-state index contributed by atoms with van der Waals surface area (Å²) in [6, 6.07) is -0.687. The highest BCUT2D eigenvalue weighted by atomic mass is 16.8. The van der Waals surface area contributed by atoms with E-state index >= 15 is 4.79 Å². The number of amides is 1. The first-order chi connectivity index (χ1) is 41.4. The first-order valence-corrected chi connectivity index (χ1v) is 32.7. The molecule has 21 heteroatoms. The number of ether oxygens (including phenoxy) is 11. The number of aliphatic hydroxyl groups is 6. The molecule has 10 aliphatic rings. The van der Waals surface area contributed by atoms with E-state index in [2.05, 4.69) is 50.4 Å². The summed E-state index contributed by atoms with van der Waals surface area (Å²) in [5.74, 6) is -4.63. The van der Waals surface area contributed by atoms with Crippen molar-refractivity contribution < 1.29 is 97.1 Å². The molecular formula is C67H101NO20. The Morgan fingerprint density at radius 1 is 0.648 bits per heavy atom. The second-order valence-corrected chi connectivity index (χ2v) is 28.3. The van der Waals surface area contributed by atoms with Crippen LogP contribution in [0.5, 0.6) is 0 Å². The average Bonchev–Trinajstić information content (AvgIpc) is 1.30. The number of nitrogens with one attached hydrogen (secondary N) is 1. The quantitative estimate of drug-likeness (QED) is 0.0615. The lowest BCUT2D eigenvalue weighted by Gasteiger charge is -2.57. The van der Waals surface area contributed by atoms with Gasteiger partial charge in [0.15, 0.2) is 37.1 Å². The Morgan fingerprint density at radius 2 is 1.27 bits per heavy atom. The van der Waals surface area contributed by atoms with E-state index in [9.17, 15) is 40.2 Å². The lowest BCUT2D eigenvalue weighted by Crippen LogP contribution is -2.62. The summed E-state index contributed by atoms with van der Waals surface area (Å²) in [6.07, 6.45) is 0.461. The summed E-state index contributed by atoms with van der Waals surface area (Å²) in [5.41, 5.74) is -3.03. The molecule has 1 saturated carbocycles. The van der Waals surface area contributed by atoms with Crippen LogP contribution in [-0.2, 0) is 66.5 Å². The van der Waals surface area contributed by atoms with Gasteiger partial charge < -0.3 is 88.1 Å². The molecule has 88 heavy (non-hydrogen) atoms. The highest BCUT2D eigenvalue weighted by molar-refractivity contribution is 6.26. The molecule has 21 nitrogen and oxygen atoms in total. The summed E-state index contributed by atoms with van der Waals surface area (Å²) >= 11 is 0. The summed E-state index contributed by atoms with van der Waals surface area (Å²) < 4.78 is 72.2. The van der Waals surface area contributed by atoms with Gasteiger partial charge in [0, 0.05) is 74.5 Å². The van der Waals surface area contributed by atoms with Crippen LogP contribution in [0.3, 0.4) is 0 Å². The third-order valence-electron chi connectivity index (χ3n) is 21.6. The van der Waals surface area contributed by atoms with Crippen molar-refractivity contribution in [2.45, 2.75) is 289 Å². The molecule has 1 unspecified atom stereocenters. The highest BCUT2D eigenvalue weighted by Gasteiger charge is 2.64. The van der Waals surface area contributed by atoms with Gasteiger partial charge in [0.25, 0.3) is 0 Å². The molecule has 7 N–H and O–H groups in total. The Labute approximate surface area is 518 Å². The lowest BCUT2D eigenvalue weighted by atomic mass is 9.49. The zero-order valence-electron chi connectivity index (χ0n) is 53.9. The van der Waals surface area contributed by atoms with Crippen molar-refractivity contribution in [3.63, 3.8) is 0 Å². The van der Waals surface area contributed by atoms with Crippen molar-refractivity contribution in [1.29, 1.82) is 0 Å². The summed E-state index contributed by atoms with van der Waals surface area (Å²) in [4.78, 5) is 42.8. The second-order valence-electron chi connectivity index (χ2n) is 28.3. The number of rotatable bonds is 12. The van der Waals surface area contributed by atoms with E-state index in [1.165, 1.54) is 6.92 Å². The number of ketones is 1. The van der Waals surface area contributed by atoms with Crippen molar-refractivity contribution in [3.05, 3.63) is 58.9 Å². The van der Waals surface area contributed by atoms with Crippen LogP contribution >= 0.6 is 0 Å². The molecule has 4 aliphatic carbocycles. The van der Waals surface area contributed by atoms with E-state index in [-0.39, 0.29) is 78.9 Å². The molecule has 6 heterocycles. The fraction of sp³-hybridized carbons (Fsp3) is 0.806. The number of carbonyl (C=O) groups is 3. The first kappa shape index (κ1) is 67.4. The van der Waals surface area contributed by atoms with Crippen LogP contribution in [0.4, 0.5) is 0 Å². The zero-order chi connectivity index (χ0) is 63.8. The maximum Gasteiger partial charge on any atom is 0.346 e. The SMILES string of the molecule is CC[C@H]1C=C[C@H]2/C=C(/C)[C@@H](O[C@H]3C[C@](C)(O)[C@@H](NC(C)=O)[C@H](C)O3)C(C)/C=C(/C)[C@@H]3C=C[C@@H]4[C@@H](O[C@@H]5C[C@@H](O[C@H]6CC[C@@H](O)[C@H](C)O6)[C@H](O[C@@H]6C[C@@H](O)[C@H](O[C@@H]7C[C@@H](O)[C@H](O)[C@@H](C)O7)[C@@H](C)O6)[C@@H](C)O5)[C@@H](C)C[C@H](C)[C@H]4[C@]3(C)/C(O)=C3\C(=O)O[C@]2(C1)C3=O. The Bertz CT molecular complexity index is 2670. The van der Waals surface area contributed by atoms with E-state index in [0.29, 0.717) is 25.7 Å². The molecule has 0 aromatic heterocycles. The number of allylic oxidation sites excluding steroid dienone is 4. The predicted molar refractivity (Wildman–Crippen MR) is 318 cm³/mol. The Balaban J connectivity index is 0.956. The molecule has 2 bridgehead atoms. The molecule has 0 aromatic rings. The molecule has 31 atom stereocenters. The summed E-state index contributed by atoms with van der Waals surface area (Å²) in [6.45, 7) is 26.3. The van der Waals surface area contributed by atoms with E-state index in [1.807, 2.05) is 46.8 Å². The van der Waals surface area contributed by atoms with Gasteiger partial charge in [0.1, 0.15) is 29.6 Å². The van der Waals surface area contributed by atoms with Crippen LogP contribution in [0.25, 0.3) is 0 Å². The Kier molecular flexibility index (Phi) is 20.3. The van der Waals surface area contributed by atoms with Gasteiger partial charge >= 0.3 is 5.97 Å². The molecular weight excluding hydrogens is 1140 g/mol. The number of Topliss-reactive ketones (excluding diaryl/α,β-unsaturated/α-hetero) is 1. The average molecular weight is 1240 g/mol. The normalized spacial score (nSPS) is 52.0. The topological polar surface area (TPSA) is 286 Å². The fourth-order valence-electron chi connectivity index (χ4n) is 17.0. The number of fused-ring (bicyclic) bond motifs is 4. The van der Waals surface area contributed by atoms with E-state index < -0.39 is 169 Å². The van der Waals surface area contributed by atoms with Crippen molar-refractivity contribution in [2.75, 3.05) is 0 Å². The molecule has 6 saturated heterocycles. The minimum absolute atomic E-state index is 0.0208. The molecule has 494 valence electrons. The molecule has 1 spiro atoms. The lowest BCUT2D eigenvalue weighted by molar-refractivity contribution is -0.351. The minimum Gasteiger partial charge on any atom is -0.511 e. The van der Waals surface area contributed by atoms with E-state index in [4.69, 9.17) is 52.1 Å². The first-order valence-electron chi connectivity index (χ1n) is 32.7. The molecule has 0 radical (unpaired) electrons. The van der Waals surface area contributed by atoms with Gasteiger partial charge in [-0.3, -0.25) is 9.59 Å². The van der Waals surface area contributed by atoms with Gasteiger partial charge in [0.2, 0.25) is 11.7 Å². The van der Waals surface area contributed by atoms with Crippen molar-refractivity contribution in [2.24, 2.45) is 52.8 Å². The number of esters is 1. The third kappa shape index (κ3) is 13.1. The Hall–Kier alpha value is -3.49. The Morgan fingerprint density at radius 3 is 1.92 bits per heavy atom. The van der Waals surface area contributed by atoms with Gasteiger partial charge in [-0.15, -0.1) is 0 Å². The minimum atomic E-state index is -1.66. The van der Waals surface area contributed by atoms with Crippen LogP contribution in [0, 0.1) is 52.8 Å². The second kappa shape index (κ2) is 26.5. The number of hydrogen-bond donors (Lipinski definition) is 7. The van der Waals surface area contributed by atoms with Gasteiger partial charge in [-0.1, -0.05) is 76.6 Å². The van der Waals surface area contributed by atoms with Gasteiger partial charge in [0.05, 0.1) is 78.8 Å². The standard InChI is InChI=1S/C67H101NO20/c1-15-41-16-17-42-24-34(6)57(87-53-29-65(13,77)61(39(11)82-53)68-40(12)69)32(4)22-30(2)44-19-18-43-55(66(44,14)62(74)54-63(75)67(42,28-41)88-64(54)76)31(3)23-33(5)58(43)84-52-27-48(83-49-21-20-45(70)35(7)78-49)60(38(10)81-52)86-51-26-47(72)59(37(9)80-51)85-50-25-46(71)56(73)36(8)79-50/h16-19,22,24,31-33,35-39,41-53,55-61,70-74,77H,15,20-21,23,25-29H2,1-14H3,(H,68,69)/b30-22-,34-24-,62-54+/t31-,32?,33-,35-,36+,37+,38+,39-,41-,42-,43-,44-,45+,46+,47+,48+,49-,50+,51+,52+,53-,55+,56+,57-,58-,59+,60+,61-,65-,66+,67-/m0/s1. The number of aliphatic hydroxyl groups excluding tert-OH is 5. The monoisotopic (exact) mass is 1240 g/mol. The summed E-state index contributed by atoms with van der Waals surface area (Å²) in [5, 5.41) is 70.9. The molecule has 0 aromatic carbocycles. The maximum absolute atomic E-state index is 15.7. The highest BCUT2D eigenvalue weighted by Crippen LogP contribution is 2.61. The van der Waals surface area contributed by atoms with E-state index in [0.717, 1.165) is 11.1 Å². The molecule has 7 fully saturated rings. The van der Waals surface area contributed by atoms with Gasteiger partial charge in [-0.2, -0.15) is 0 Å². The van der Waals surface area contributed by atoms with Gasteiger partial charge in [-0.05, 0) is 104 Å². The van der Waals surface area contributed by atoms with Gasteiger partial charge in [-0.25, -0.2) is 4.79 Å². The maximum atomic E-state index is 15.7. The van der Waals surface area contributed by atoms with Crippen LogP contribution in [0.15, 0.2) is 58.9 Å². The van der Waals surface area contributed by atoms with Crippen LogP contribution < -0.4 is 5.32 Å². The summed E-state index contributed by atoms with van der Waals surface area (Å²) in [7, 11) is 0. The largest absolute Gasteiger partial charge is 0.511 e. The predicted octanol–water partition coefficient (Wildman–Crippen LogP) is 6.60. The number of carbonyl (C=O) groups excluding carboxylic acids is 3. The fourth-order valence-corrected chi connectivity index (χ4v) is 17.0. The van der Waals surface area contributed by atoms with Crippen molar-refractivity contribution >= 4 is 17.7 Å². The van der Waals surface area contributed by atoms with Crippen LogP contribution in [0.1, 0.15) is 155 Å². The molecule has 10 rings (SSSR count). The zero-order valence-corrected chi connectivity index (χ0v) is 53.9. The van der Waals surface area contributed by atoms with E-state index in [1.54, 1.807) is 34.6 Å². The van der Waals surface area contributed by atoms with Crippen LogP contribution in [0.2, 0.25) is 0 Å². The van der Waals surface area contributed by atoms with Crippen molar-refractivity contribution in [3.8, 4) is 0 Å². The van der Waals surface area contributed by atoms with Crippen LogP contribution in [-0.4, -0.2) is 182 Å². The van der Waals surface area contributed by atoms with Crippen molar-refractivity contribution in [1.82, 2.24) is 5.32 Å².